The van der Waals surface area contributed by atoms with Gasteiger partial charge in [-0.1, -0.05) is 20.3 Å². The number of hydrogen-bond acceptors (Lipinski definition) is 4. The standard InChI is InChI=1S/C16H31NO3/c1-4-7-12-17(5-2)13-16(19)10-8-14(9-11-16)15(18)20-6-3/h14,19H,4-13H2,1-3H3. The number of ether oxygens (including phenoxy) is 1. The van der Waals surface area contributed by atoms with E-state index in [9.17, 15) is 9.90 Å². The maximum atomic E-state index is 11.7. The predicted octanol–water partition coefficient (Wildman–Crippen LogP) is 2.59. The van der Waals surface area contributed by atoms with Gasteiger partial charge in [0.2, 0.25) is 0 Å². The van der Waals surface area contributed by atoms with E-state index in [2.05, 4.69) is 18.7 Å². The van der Waals surface area contributed by atoms with Gasteiger partial charge in [0.05, 0.1) is 18.1 Å². The number of unbranched alkanes of at least 4 members (excludes halogenated alkanes) is 1. The summed E-state index contributed by atoms with van der Waals surface area (Å²) in [6.45, 7) is 9.37. The van der Waals surface area contributed by atoms with Gasteiger partial charge in [-0.3, -0.25) is 4.79 Å². The summed E-state index contributed by atoms with van der Waals surface area (Å²) in [6.07, 6.45) is 5.27. The quantitative estimate of drug-likeness (QED) is 0.696. The highest BCUT2D eigenvalue weighted by molar-refractivity contribution is 5.72. The second-order valence-electron chi connectivity index (χ2n) is 5.97. The molecule has 0 atom stereocenters. The average molecular weight is 285 g/mol. The van der Waals surface area contributed by atoms with Gasteiger partial charge in [0.1, 0.15) is 0 Å². The zero-order valence-electron chi connectivity index (χ0n) is 13.4. The van der Waals surface area contributed by atoms with Crippen molar-refractivity contribution in [3.63, 3.8) is 0 Å². The van der Waals surface area contributed by atoms with Crippen LogP contribution >= 0.6 is 0 Å². The van der Waals surface area contributed by atoms with E-state index in [0.29, 0.717) is 19.4 Å². The summed E-state index contributed by atoms with van der Waals surface area (Å²) in [6, 6.07) is 0. The summed E-state index contributed by atoms with van der Waals surface area (Å²) in [4.78, 5) is 14.0. The van der Waals surface area contributed by atoms with Crippen LogP contribution in [0, 0.1) is 5.92 Å². The van der Waals surface area contributed by atoms with E-state index in [1.807, 2.05) is 6.92 Å². The molecule has 1 N–H and O–H groups in total. The molecule has 0 unspecified atom stereocenters. The number of hydrogen-bond donors (Lipinski definition) is 1. The summed E-state index contributed by atoms with van der Waals surface area (Å²) in [5.41, 5.74) is -0.618. The molecule has 1 rings (SSSR count). The van der Waals surface area contributed by atoms with Gasteiger partial charge < -0.3 is 14.7 Å². The van der Waals surface area contributed by atoms with E-state index in [0.717, 1.165) is 32.5 Å². The molecule has 1 aliphatic rings. The smallest absolute Gasteiger partial charge is 0.308 e. The summed E-state index contributed by atoms with van der Waals surface area (Å²) in [5, 5.41) is 10.7. The minimum atomic E-state index is -0.618. The molecule has 1 saturated carbocycles. The third-order valence-electron chi connectivity index (χ3n) is 4.33. The molecule has 0 spiro atoms. The molecule has 0 aromatic carbocycles. The predicted molar refractivity (Wildman–Crippen MR) is 80.6 cm³/mol. The maximum Gasteiger partial charge on any atom is 0.308 e. The summed E-state index contributed by atoms with van der Waals surface area (Å²) in [7, 11) is 0. The molecule has 0 aromatic heterocycles. The molecule has 1 aliphatic carbocycles. The van der Waals surface area contributed by atoms with Crippen molar-refractivity contribution in [1.82, 2.24) is 4.90 Å². The van der Waals surface area contributed by atoms with Gasteiger partial charge in [0.15, 0.2) is 0 Å². The van der Waals surface area contributed by atoms with Gasteiger partial charge in [0.25, 0.3) is 0 Å². The second-order valence-corrected chi connectivity index (χ2v) is 5.97. The molecule has 4 nitrogen and oxygen atoms in total. The van der Waals surface area contributed by atoms with Crippen molar-refractivity contribution in [2.45, 2.75) is 64.9 Å². The molecule has 0 heterocycles. The van der Waals surface area contributed by atoms with E-state index in [1.165, 1.54) is 12.8 Å². The lowest BCUT2D eigenvalue weighted by Crippen LogP contribution is -2.46. The Morgan fingerprint density at radius 1 is 1.30 bits per heavy atom. The topological polar surface area (TPSA) is 49.8 Å². The van der Waals surface area contributed by atoms with Gasteiger partial charge in [-0.25, -0.2) is 0 Å². The van der Waals surface area contributed by atoms with Crippen molar-refractivity contribution in [1.29, 1.82) is 0 Å². The zero-order chi connectivity index (χ0) is 15.0. The van der Waals surface area contributed by atoms with Crippen LogP contribution in [0.3, 0.4) is 0 Å². The van der Waals surface area contributed by atoms with E-state index in [4.69, 9.17) is 4.74 Å². The molecular weight excluding hydrogens is 254 g/mol. The number of carbonyl (C=O) groups excluding carboxylic acids is 1. The molecule has 0 aliphatic heterocycles. The van der Waals surface area contributed by atoms with Gasteiger partial charge >= 0.3 is 5.97 Å². The molecule has 0 radical (unpaired) electrons. The van der Waals surface area contributed by atoms with Gasteiger partial charge in [-0.15, -0.1) is 0 Å². The summed E-state index contributed by atoms with van der Waals surface area (Å²) in [5.74, 6) is -0.103. The largest absolute Gasteiger partial charge is 0.466 e. The van der Waals surface area contributed by atoms with Crippen LogP contribution in [0.4, 0.5) is 0 Å². The number of esters is 1. The SMILES string of the molecule is CCCCN(CC)CC1(O)CCC(C(=O)OCC)CC1. The molecular formula is C16H31NO3. The van der Waals surface area contributed by atoms with E-state index in [1.54, 1.807) is 0 Å². The third kappa shape index (κ3) is 5.41. The first kappa shape index (κ1) is 17.4. The monoisotopic (exact) mass is 285 g/mol. The summed E-state index contributed by atoms with van der Waals surface area (Å²) < 4.78 is 5.07. The molecule has 0 aromatic rings. The van der Waals surface area contributed by atoms with E-state index < -0.39 is 5.60 Å². The molecule has 0 saturated heterocycles. The lowest BCUT2D eigenvalue weighted by atomic mass is 9.78. The Hall–Kier alpha value is -0.610. The van der Waals surface area contributed by atoms with Crippen LogP contribution in [0.2, 0.25) is 0 Å². The maximum absolute atomic E-state index is 11.7. The molecule has 4 heteroatoms. The fraction of sp³-hybridized carbons (Fsp3) is 0.938. The lowest BCUT2D eigenvalue weighted by molar-refractivity contribution is -0.151. The number of aliphatic hydroxyl groups is 1. The molecule has 118 valence electrons. The Bertz CT molecular complexity index is 285. The highest BCUT2D eigenvalue weighted by Gasteiger charge is 2.37. The first-order chi connectivity index (χ1) is 9.54. The van der Waals surface area contributed by atoms with Crippen LogP contribution in [0.1, 0.15) is 59.3 Å². The number of likely N-dealkylation sites (N-methyl/N-ethyl adjacent to an activating group) is 1. The Balaban J connectivity index is 2.42. The van der Waals surface area contributed by atoms with E-state index >= 15 is 0 Å². The second kappa shape index (κ2) is 8.63. The Morgan fingerprint density at radius 2 is 1.95 bits per heavy atom. The average Bonchev–Trinajstić information content (AvgIpc) is 2.44. The van der Waals surface area contributed by atoms with Gasteiger partial charge in [0, 0.05) is 6.54 Å². The normalized spacial score (nSPS) is 26.8. The third-order valence-corrected chi connectivity index (χ3v) is 4.33. The van der Waals surface area contributed by atoms with Crippen LogP contribution in [0.15, 0.2) is 0 Å². The minimum absolute atomic E-state index is 0.0130. The fourth-order valence-electron chi connectivity index (χ4n) is 2.96. The zero-order valence-corrected chi connectivity index (χ0v) is 13.4. The molecule has 0 amide bonds. The lowest BCUT2D eigenvalue weighted by Gasteiger charge is -2.38. The first-order valence-corrected chi connectivity index (χ1v) is 8.16. The van der Waals surface area contributed by atoms with Crippen molar-refractivity contribution in [3.05, 3.63) is 0 Å². The van der Waals surface area contributed by atoms with Crippen LogP contribution < -0.4 is 0 Å². The number of carbonyl (C=O) groups is 1. The Morgan fingerprint density at radius 3 is 2.45 bits per heavy atom. The van der Waals surface area contributed by atoms with Crippen LogP contribution in [-0.2, 0) is 9.53 Å². The van der Waals surface area contributed by atoms with Crippen molar-refractivity contribution < 1.29 is 14.6 Å². The Labute approximate surface area is 123 Å². The first-order valence-electron chi connectivity index (χ1n) is 8.16. The fourth-order valence-corrected chi connectivity index (χ4v) is 2.96. The Kier molecular flexibility index (Phi) is 7.52. The number of nitrogens with zero attached hydrogens (tertiary/aromatic N) is 1. The van der Waals surface area contributed by atoms with E-state index in [-0.39, 0.29) is 11.9 Å². The van der Waals surface area contributed by atoms with Crippen molar-refractivity contribution in [2.75, 3.05) is 26.2 Å². The van der Waals surface area contributed by atoms with Crippen molar-refractivity contribution in [3.8, 4) is 0 Å². The van der Waals surface area contributed by atoms with Gasteiger partial charge in [-0.05, 0) is 52.1 Å². The van der Waals surface area contributed by atoms with Crippen LogP contribution in [0.25, 0.3) is 0 Å². The highest BCUT2D eigenvalue weighted by Crippen LogP contribution is 2.33. The number of rotatable bonds is 8. The van der Waals surface area contributed by atoms with Crippen LogP contribution in [-0.4, -0.2) is 47.8 Å². The van der Waals surface area contributed by atoms with Crippen molar-refractivity contribution in [2.24, 2.45) is 5.92 Å². The minimum Gasteiger partial charge on any atom is -0.466 e. The molecule has 1 fully saturated rings. The molecule has 0 bridgehead atoms. The highest BCUT2D eigenvalue weighted by atomic mass is 16.5. The summed E-state index contributed by atoms with van der Waals surface area (Å²) >= 11 is 0. The van der Waals surface area contributed by atoms with Gasteiger partial charge in [-0.2, -0.15) is 0 Å². The molecule has 20 heavy (non-hydrogen) atoms. The van der Waals surface area contributed by atoms with Crippen LogP contribution in [0.5, 0.6) is 0 Å². The van der Waals surface area contributed by atoms with Crippen molar-refractivity contribution >= 4 is 5.97 Å².